The van der Waals surface area contributed by atoms with Crippen LogP contribution >= 0.6 is 23.1 Å². The van der Waals surface area contributed by atoms with Gasteiger partial charge in [-0.2, -0.15) is 0 Å². The molecular formula is C11H15N5OS2. The van der Waals surface area contributed by atoms with Gasteiger partial charge >= 0.3 is 0 Å². The van der Waals surface area contributed by atoms with Crippen LogP contribution in [0.3, 0.4) is 0 Å². The van der Waals surface area contributed by atoms with Gasteiger partial charge in [-0.1, -0.05) is 17.8 Å². The number of hydrogen-bond donors (Lipinski definition) is 2. The van der Waals surface area contributed by atoms with Crippen molar-refractivity contribution in [3.63, 3.8) is 0 Å². The molecular weight excluding hydrogens is 282 g/mol. The van der Waals surface area contributed by atoms with Crippen LogP contribution in [-0.4, -0.2) is 26.4 Å². The molecule has 2 aromatic rings. The molecule has 2 rings (SSSR count). The predicted molar refractivity (Wildman–Crippen MR) is 75.8 cm³/mol. The molecule has 0 saturated carbocycles. The lowest BCUT2D eigenvalue weighted by Gasteiger charge is -2.04. The number of nitrogens with zero attached hydrogens (tertiary/aromatic N) is 3. The first-order valence-corrected chi connectivity index (χ1v) is 7.57. The summed E-state index contributed by atoms with van der Waals surface area (Å²) in [5.74, 6) is 1.01. The van der Waals surface area contributed by atoms with E-state index < -0.39 is 0 Å². The van der Waals surface area contributed by atoms with Gasteiger partial charge in [0.25, 0.3) is 0 Å². The highest BCUT2D eigenvalue weighted by Gasteiger charge is 2.10. The SMILES string of the molecule is Cn1c(CN)nnc1SCC(=O)NCc1cccs1. The fraction of sp³-hybridized carbons (Fsp3) is 0.364. The first-order chi connectivity index (χ1) is 9.20. The van der Waals surface area contributed by atoms with Crippen molar-refractivity contribution in [2.75, 3.05) is 5.75 Å². The molecule has 0 aliphatic rings. The van der Waals surface area contributed by atoms with Gasteiger partial charge in [0.1, 0.15) is 5.82 Å². The molecule has 2 heterocycles. The van der Waals surface area contributed by atoms with Crippen LogP contribution in [0.25, 0.3) is 0 Å². The molecule has 0 aliphatic carbocycles. The summed E-state index contributed by atoms with van der Waals surface area (Å²) < 4.78 is 1.80. The Morgan fingerprint density at radius 1 is 1.58 bits per heavy atom. The van der Waals surface area contributed by atoms with Crippen molar-refractivity contribution < 1.29 is 4.79 Å². The zero-order chi connectivity index (χ0) is 13.7. The van der Waals surface area contributed by atoms with Crippen LogP contribution in [0.2, 0.25) is 0 Å². The average Bonchev–Trinajstić information content (AvgIpc) is 3.04. The van der Waals surface area contributed by atoms with Crippen molar-refractivity contribution in [2.24, 2.45) is 12.8 Å². The van der Waals surface area contributed by atoms with E-state index in [9.17, 15) is 4.79 Å². The van der Waals surface area contributed by atoms with E-state index in [1.54, 1.807) is 15.9 Å². The maximum absolute atomic E-state index is 11.7. The van der Waals surface area contributed by atoms with Gasteiger partial charge in [-0.3, -0.25) is 4.79 Å². The average molecular weight is 297 g/mol. The number of hydrogen-bond acceptors (Lipinski definition) is 6. The summed E-state index contributed by atoms with van der Waals surface area (Å²) in [6.45, 7) is 0.915. The fourth-order valence-corrected chi connectivity index (χ4v) is 2.83. The third-order valence-corrected chi connectivity index (χ3v) is 4.38. The Morgan fingerprint density at radius 2 is 2.42 bits per heavy atom. The van der Waals surface area contributed by atoms with Gasteiger partial charge in [0, 0.05) is 11.9 Å². The molecule has 6 nitrogen and oxygen atoms in total. The molecule has 2 aromatic heterocycles. The molecule has 0 bridgehead atoms. The summed E-state index contributed by atoms with van der Waals surface area (Å²) in [4.78, 5) is 12.8. The summed E-state index contributed by atoms with van der Waals surface area (Å²) in [5, 5.41) is 13.5. The Bertz CT molecular complexity index is 537. The molecule has 0 fully saturated rings. The van der Waals surface area contributed by atoms with Gasteiger partial charge in [0.2, 0.25) is 5.91 Å². The van der Waals surface area contributed by atoms with E-state index in [4.69, 9.17) is 5.73 Å². The highest BCUT2D eigenvalue weighted by molar-refractivity contribution is 7.99. The lowest BCUT2D eigenvalue weighted by atomic mass is 10.4. The fourth-order valence-electron chi connectivity index (χ4n) is 1.43. The van der Waals surface area contributed by atoms with Crippen LogP contribution in [-0.2, 0) is 24.9 Å². The van der Waals surface area contributed by atoms with E-state index in [2.05, 4.69) is 15.5 Å². The molecule has 3 N–H and O–H groups in total. The standard InChI is InChI=1S/C11H15N5OS2/c1-16-9(5-12)14-15-11(16)19-7-10(17)13-6-8-3-2-4-18-8/h2-4H,5-7,12H2,1H3,(H,13,17). The normalized spacial score (nSPS) is 10.6. The van der Waals surface area contributed by atoms with Crippen molar-refractivity contribution in [1.29, 1.82) is 0 Å². The second-order valence-corrected chi connectivity index (χ2v) is 5.78. The summed E-state index contributed by atoms with van der Waals surface area (Å²) in [5.41, 5.74) is 5.51. The van der Waals surface area contributed by atoms with E-state index >= 15 is 0 Å². The minimum absolute atomic E-state index is 0.0179. The number of amides is 1. The molecule has 0 saturated heterocycles. The van der Waals surface area contributed by atoms with Gasteiger partial charge in [0.05, 0.1) is 18.8 Å². The van der Waals surface area contributed by atoms with Crippen LogP contribution in [0.1, 0.15) is 10.7 Å². The van der Waals surface area contributed by atoms with Crippen molar-refractivity contribution >= 4 is 29.0 Å². The number of carbonyl (C=O) groups is 1. The minimum Gasteiger partial charge on any atom is -0.350 e. The summed E-state index contributed by atoms with van der Waals surface area (Å²) in [7, 11) is 1.84. The van der Waals surface area contributed by atoms with Crippen molar-refractivity contribution in [3.8, 4) is 0 Å². The summed E-state index contributed by atoms with van der Waals surface area (Å²) in [6.07, 6.45) is 0. The number of carbonyl (C=O) groups excluding carboxylic acids is 1. The quantitative estimate of drug-likeness (QED) is 0.768. The van der Waals surface area contributed by atoms with E-state index in [1.165, 1.54) is 11.8 Å². The third kappa shape index (κ3) is 3.79. The predicted octanol–water partition coefficient (Wildman–Crippen LogP) is 0.744. The highest BCUT2D eigenvalue weighted by Crippen LogP contribution is 2.15. The van der Waals surface area contributed by atoms with Gasteiger partial charge < -0.3 is 15.6 Å². The Morgan fingerprint density at radius 3 is 3.05 bits per heavy atom. The summed E-state index contributed by atoms with van der Waals surface area (Å²) >= 11 is 2.98. The van der Waals surface area contributed by atoms with Gasteiger partial charge in [0.15, 0.2) is 5.16 Å². The molecule has 0 atom stereocenters. The van der Waals surface area contributed by atoms with Crippen molar-refractivity contribution in [2.45, 2.75) is 18.2 Å². The first kappa shape index (κ1) is 14.0. The molecule has 19 heavy (non-hydrogen) atoms. The lowest BCUT2D eigenvalue weighted by Crippen LogP contribution is -2.24. The number of aromatic nitrogens is 3. The number of thiophene rings is 1. The monoisotopic (exact) mass is 297 g/mol. The minimum atomic E-state index is -0.0179. The highest BCUT2D eigenvalue weighted by atomic mass is 32.2. The Balaban J connectivity index is 1.78. The second kappa shape index (κ2) is 6.69. The van der Waals surface area contributed by atoms with E-state index in [0.717, 1.165) is 4.88 Å². The molecule has 102 valence electrons. The molecule has 0 aromatic carbocycles. The number of nitrogens with one attached hydrogen (secondary N) is 1. The maximum atomic E-state index is 11.7. The van der Waals surface area contributed by atoms with E-state index in [1.807, 2.05) is 24.6 Å². The van der Waals surface area contributed by atoms with Crippen molar-refractivity contribution in [1.82, 2.24) is 20.1 Å². The van der Waals surface area contributed by atoms with Gasteiger partial charge in [-0.25, -0.2) is 0 Å². The van der Waals surface area contributed by atoms with Crippen molar-refractivity contribution in [3.05, 3.63) is 28.2 Å². The molecule has 0 unspecified atom stereocenters. The Kier molecular flexibility index (Phi) is 4.94. The van der Waals surface area contributed by atoms with Crippen LogP contribution in [0.15, 0.2) is 22.7 Å². The van der Waals surface area contributed by atoms with Crippen LogP contribution in [0.5, 0.6) is 0 Å². The first-order valence-electron chi connectivity index (χ1n) is 5.71. The molecule has 0 spiro atoms. The second-order valence-electron chi connectivity index (χ2n) is 3.81. The number of rotatable bonds is 6. The smallest absolute Gasteiger partial charge is 0.230 e. The maximum Gasteiger partial charge on any atom is 0.230 e. The van der Waals surface area contributed by atoms with Gasteiger partial charge in [-0.15, -0.1) is 21.5 Å². The molecule has 0 radical (unpaired) electrons. The lowest BCUT2D eigenvalue weighted by molar-refractivity contribution is -0.118. The zero-order valence-corrected chi connectivity index (χ0v) is 12.1. The van der Waals surface area contributed by atoms with Crippen LogP contribution in [0.4, 0.5) is 0 Å². The number of nitrogens with two attached hydrogens (primary N) is 1. The van der Waals surface area contributed by atoms with Crippen LogP contribution in [0, 0.1) is 0 Å². The summed E-state index contributed by atoms with van der Waals surface area (Å²) in [6, 6.07) is 3.96. The van der Waals surface area contributed by atoms with E-state index in [0.29, 0.717) is 29.8 Å². The molecule has 0 aliphatic heterocycles. The third-order valence-electron chi connectivity index (χ3n) is 2.48. The van der Waals surface area contributed by atoms with E-state index in [-0.39, 0.29) is 5.91 Å². The largest absolute Gasteiger partial charge is 0.350 e. The van der Waals surface area contributed by atoms with Crippen LogP contribution < -0.4 is 11.1 Å². The Labute approximate surface area is 119 Å². The Hall–Kier alpha value is -1.38. The number of thioether (sulfide) groups is 1. The molecule has 8 heteroatoms. The zero-order valence-electron chi connectivity index (χ0n) is 10.5. The molecule has 1 amide bonds. The topological polar surface area (TPSA) is 85.8 Å². The van der Waals surface area contributed by atoms with Gasteiger partial charge in [-0.05, 0) is 11.4 Å².